The number of carboxylic acid groups (broad SMARTS) is 1. The molecule has 0 aliphatic carbocycles. The minimum absolute atomic E-state index is 0.0767. The molecule has 1 heterocycles. The van der Waals surface area contributed by atoms with Crippen molar-refractivity contribution in [2.45, 2.75) is 31.1 Å². The van der Waals surface area contributed by atoms with E-state index in [-0.39, 0.29) is 5.91 Å². The van der Waals surface area contributed by atoms with Gasteiger partial charge in [0.25, 0.3) is 0 Å². The zero-order chi connectivity index (χ0) is 18.6. The molecular weight excluding hydrogens is 330 g/mol. The molecule has 0 spiro atoms. The van der Waals surface area contributed by atoms with Crippen LogP contribution < -0.4 is 5.32 Å². The van der Waals surface area contributed by atoms with Crippen molar-refractivity contribution >= 4 is 17.6 Å². The summed E-state index contributed by atoms with van der Waals surface area (Å²) in [5, 5.41) is 12.2. The molecule has 1 unspecified atom stereocenters. The first-order valence-corrected chi connectivity index (χ1v) is 8.80. The lowest BCUT2D eigenvalue weighted by Gasteiger charge is -2.36. The Bertz CT molecular complexity index is 782. The first kappa shape index (κ1) is 18.1. The molecule has 5 heteroatoms. The van der Waals surface area contributed by atoms with Crippen molar-refractivity contribution in [2.24, 2.45) is 0 Å². The highest BCUT2D eigenvalue weighted by atomic mass is 16.5. The molecule has 0 bridgehead atoms. The number of benzene rings is 2. The van der Waals surface area contributed by atoms with Gasteiger partial charge in [-0.2, -0.15) is 0 Å². The number of carbonyl (C=O) groups is 2. The van der Waals surface area contributed by atoms with Crippen LogP contribution in [0.5, 0.6) is 0 Å². The molecule has 26 heavy (non-hydrogen) atoms. The van der Waals surface area contributed by atoms with Crippen molar-refractivity contribution in [1.29, 1.82) is 0 Å². The molecule has 2 aromatic carbocycles. The average molecular weight is 353 g/mol. The first-order chi connectivity index (χ1) is 12.5. The van der Waals surface area contributed by atoms with Crippen LogP contribution in [0.15, 0.2) is 54.6 Å². The van der Waals surface area contributed by atoms with Gasteiger partial charge in [0.1, 0.15) is 0 Å². The molecule has 0 radical (unpaired) electrons. The Morgan fingerprint density at radius 1 is 1.08 bits per heavy atom. The number of amides is 1. The second-order valence-corrected chi connectivity index (χ2v) is 6.70. The van der Waals surface area contributed by atoms with Crippen molar-refractivity contribution in [3.8, 4) is 0 Å². The summed E-state index contributed by atoms with van der Waals surface area (Å²) in [5.41, 5.74) is 1.63. The average Bonchev–Trinajstić information content (AvgIpc) is 2.68. The zero-order valence-electron chi connectivity index (χ0n) is 14.8. The molecule has 1 saturated heterocycles. The lowest BCUT2D eigenvalue weighted by atomic mass is 9.73. The van der Waals surface area contributed by atoms with Crippen molar-refractivity contribution in [1.82, 2.24) is 0 Å². The van der Waals surface area contributed by atoms with E-state index in [9.17, 15) is 14.7 Å². The van der Waals surface area contributed by atoms with Gasteiger partial charge in [-0.05, 0) is 43.0 Å². The summed E-state index contributed by atoms with van der Waals surface area (Å²) in [7, 11) is 0. The van der Waals surface area contributed by atoms with Crippen molar-refractivity contribution in [2.75, 3.05) is 18.5 Å². The molecular formula is C21H23NO4. The van der Waals surface area contributed by atoms with Gasteiger partial charge in [0, 0.05) is 18.9 Å². The van der Waals surface area contributed by atoms with Crippen LogP contribution in [0, 0.1) is 0 Å². The molecule has 1 aliphatic rings. The van der Waals surface area contributed by atoms with Gasteiger partial charge in [-0.3, -0.25) is 9.59 Å². The van der Waals surface area contributed by atoms with Gasteiger partial charge >= 0.3 is 5.97 Å². The van der Waals surface area contributed by atoms with Gasteiger partial charge in [-0.1, -0.05) is 42.5 Å². The van der Waals surface area contributed by atoms with Crippen LogP contribution in [0.3, 0.4) is 0 Å². The number of hydrogen-bond acceptors (Lipinski definition) is 3. The second kappa shape index (κ2) is 7.70. The van der Waals surface area contributed by atoms with E-state index in [2.05, 4.69) is 5.32 Å². The summed E-state index contributed by atoms with van der Waals surface area (Å²) < 4.78 is 5.48. The smallest absolute Gasteiger partial charge is 0.310 e. The van der Waals surface area contributed by atoms with Gasteiger partial charge in [0.2, 0.25) is 5.91 Å². The van der Waals surface area contributed by atoms with Gasteiger partial charge in [0.15, 0.2) is 0 Å². The van der Waals surface area contributed by atoms with Gasteiger partial charge in [-0.15, -0.1) is 0 Å². The number of rotatable bonds is 5. The Morgan fingerprint density at radius 3 is 2.42 bits per heavy atom. The number of ether oxygens (including phenoxy) is 1. The summed E-state index contributed by atoms with van der Waals surface area (Å²) in [6.07, 6.45) is 1.24. The van der Waals surface area contributed by atoms with Crippen LogP contribution in [-0.2, 0) is 19.7 Å². The Hall–Kier alpha value is -2.66. The van der Waals surface area contributed by atoms with E-state index < -0.39 is 17.3 Å². The molecule has 1 amide bonds. The number of nitrogens with one attached hydrogen (secondary N) is 1. The quantitative estimate of drug-likeness (QED) is 0.862. The second-order valence-electron chi connectivity index (χ2n) is 6.70. The molecule has 1 fully saturated rings. The fraction of sp³-hybridized carbons (Fsp3) is 0.333. The molecule has 2 aromatic rings. The maximum absolute atomic E-state index is 13.2. The standard InChI is InChI=1S/C21H23NO4/c1-15(19(23)24)16-6-5-9-18(14-16)22-20(25)21(10-12-26-13-11-21)17-7-3-2-4-8-17/h2-9,14-15H,10-13H2,1H3,(H,22,25)(H,23,24). The number of aliphatic carboxylic acids is 1. The predicted molar refractivity (Wildman–Crippen MR) is 99.3 cm³/mol. The van der Waals surface area contributed by atoms with E-state index in [4.69, 9.17) is 4.74 Å². The topological polar surface area (TPSA) is 75.6 Å². The molecule has 136 valence electrons. The third kappa shape index (κ3) is 3.63. The third-order valence-corrected chi connectivity index (χ3v) is 5.12. The summed E-state index contributed by atoms with van der Waals surface area (Å²) in [6, 6.07) is 16.8. The van der Waals surface area contributed by atoms with Gasteiger partial charge in [-0.25, -0.2) is 0 Å². The molecule has 1 aliphatic heterocycles. The number of carboxylic acids is 1. The van der Waals surface area contributed by atoms with Crippen LogP contribution in [-0.4, -0.2) is 30.2 Å². The number of hydrogen-bond donors (Lipinski definition) is 2. The van der Waals surface area contributed by atoms with E-state index >= 15 is 0 Å². The van der Waals surface area contributed by atoms with E-state index in [1.165, 1.54) is 0 Å². The number of carbonyl (C=O) groups excluding carboxylic acids is 1. The highest BCUT2D eigenvalue weighted by Gasteiger charge is 2.41. The van der Waals surface area contributed by atoms with E-state index in [0.29, 0.717) is 37.3 Å². The largest absolute Gasteiger partial charge is 0.481 e. The predicted octanol–water partition coefficient (Wildman–Crippen LogP) is 3.56. The summed E-state index contributed by atoms with van der Waals surface area (Å²) in [4.78, 5) is 24.4. The highest BCUT2D eigenvalue weighted by molar-refractivity contribution is 5.99. The van der Waals surface area contributed by atoms with E-state index in [1.807, 2.05) is 30.3 Å². The van der Waals surface area contributed by atoms with E-state index in [0.717, 1.165) is 5.56 Å². The Balaban J connectivity index is 1.87. The van der Waals surface area contributed by atoms with Crippen LogP contribution >= 0.6 is 0 Å². The van der Waals surface area contributed by atoms with Gasteiger partial charge in [0.05, 0.1) is 11.3 Å². The SMILES string of the molecule is CC(C(=O)O)c1cccc(NC(=O)C2(c3ccccc3)CCOCC2)c1. The highest BCUT2D eigenvalue weighted by Crippen LogP contribution is 2.36. The fourth-order valence-electron chi connectivity index (χ4n) is 3.40. The normalized spacial score (nSPS) is 17.3. The lowest BCUT2D eigenvalue weighted by molar-refractivity contribution is -0.138. The van der Waals surface area contributed by atoms with Crippen LogP contribution in [0.1, 0.15) is 36.8 Å². The molecule has 3 rings (SSSR count). The van der Waals surface area contributed by atoms with Crippen molar-refractivity contribution < 1.29 is 19.4 Å². The lowest BCUT2D eigenvalue weighted by Crippen LogP contribution is -2.44. The first-order valence-electron chi connectivity index (χ1n) is 8.80. The van der Waals surface area contributed by atoms with Crippen molar-refractivity contribution in [3.05, 3.63) is 65.7 Å². The summed E-state index contributed by atoms with van der Waals surface area (Å²) >= 11 is 0. The maximum Gasteiger partial charge on any atom is 0.310 e. The van der Waals surface area contributed by atoms with Crippen LogP contribution in [0.25, 0.3) is 0 Å². The maximum atomic E-state index is 13.2. The fourth-order valence-corrected chi connectivity index (χ4v) is 3.40. The zero-order valence-corrected chi connectivity index (χ0v) is 14.8. The van der Waals surface area contributed by atoms with Gasteiger partial charge < -0.3 is 15.2 Å². The Morgan fingerprint density at radius 2 is 1.77 bits per heavy atom. The Kier molecular flexibility index (Phi) is 5.38. The molecule has 5 nitrogen and oxygen atoms in total. The molecule has 2 N–H and O–H groups in total. The van der Waals surface area contributed by atoms with Crippen molar-refractivity contribution in [3.63, 3.8) is 0 Å². The molecule has 1 atom stereocenters. The third-order valence-electron chi connectivity index (χ3n) is 5.12. The number of anilines is 1. The monoisotopic (exact) mass is 353 g/mol. The van der Waals surface area contributed by atoms with Crippen LogP contribution in [0.2, 0.25) is 0 Å². The molecule has 0 saturated carbocycles. The minimum atomic E-state index is -0.890. The Labute approximate surface area is 153 Å². The van der Waals surface area contributed by atoms with E-state index in [1.54, 1.807) is 31.2 Å². The summed E-state index contributed by atoms with van der Waals surface area (Å²) in [5.74, 6) is -1.59. The summed E-state index contributed by atoms with van der Waals surface area (Å²) in [6.45, 7) is 2.71. The minimum Gasteiger partial charge on any atom is -0.481 e. The molecule has 0 aromatic heterocycles. The van der Waals surface area contributed by atoms with Crippen LogP contribution in [0.4, 0.5) is 5.69 Å².